The van der Waals surface area contributed by atoms with Crippen LogP contribution in [0.25, 0.3) is 0 Å². The molecule has 1 aromatic carbocycles. The lowest BCUT2D eigenvalue weighted by molar-refractivity contribution is 0.0388. The van der Waals surface area contributed by atoms with E-state index in [1.807, 2.05) is 32.0 Å². The molecule has 0 heterocycles. The van der Waals surface area contributed by atoms with E-state index in [9.17, 15) is 4.79 Å². The Morgan fingerprint density at radius 2 is 1.84 bits per heavy atom. The Morgan fingerprint density at radius 1 is 1.16 bits per heavy atom. The third kappa shape index (κ3) is 4.17. The van der Waals surface area contributed by atoms with Crippen molar-refractivity contribution in [3.05, 3.63) is 34.9 Å². The van der Waals surface area contributed by atoms with Crippen LogP contribution in [-0.2, 0) is 4.74 Å². The first-order chi connectivity index (χ1) is 9.16. The van der Waals surface area contributed by atoms with Gasteiger partial charge in [0.05, 0.1) is 6.10 Å². The van der Waals surface area contributed by atoms with Gasteiger partial charge in [0, 0.05) is 5.56 Å². The van der Waals surface area contributed by atoms with E-state index in [1.54, 1.807) is 0 Å². The van der Waals surface area contributed by atoms with Crippen molar-refractivity contribution in [1.29, 1.82) is 0 Å². The molecule has 0 N–H and O–H groups in total. The van der Waals surface area contributed by atoms with E-state index in [2.05, 4.69) is 0 Å². The zero-order valence-electron chi connectivity index (χ0n) is 12.1. The van der Waals surface area contributed by atoms with Gasteiger partial charge in [0.2, 0.25) is 0 Å². The number of ether oxygens (including phenoxy) is 1. The van der Waals surface area contributed by atoms with E-state index in [-0.39, 0.29) is 18.5 Å². The molecule has 0 atom stereocenters. The Kier molecular flexibility index (Phi) is 5.15. The first-order valence-corrected chi connectivity index (χ1v) is 7.39. The highest BCUT2D eigenvalue weighted by Crippen LogP contribution is 2.20. The predicted octanol–water partition coefficient (Wildman–Crippen LogP) is 4.23. The van der Waals surface area contributed by atoms with Gasteiger partial charge < -0.3 is 4.74 Å². The van der Waals surface area contributed by atoms with E-state index in [4.69, 9.17) is 4.74 Å². The van der Waals surface area contributed by atoms with Crippen LogP contribution in [0.5, 0.6) is 0 Å². The molecule has 1 aromatic rings. The van der Waals surface area contributed by atoms with Gasteiger partial charge in [0.1, 0.15) is 6.61 Å². The fourth-order valence-electron chi connectivity index (χ4n) is 2.72. The van der Waals surface area contributed by atoms with Crippen molar-refractivity contribution in [2.45, 2.75) is 58.5 Å². The summed E-state index contributed by atoms with van der Waals surface area (Å²) < 4.78 is 5.82. The average molecular weight is 260 g/mol. The van der Waals surface area contributed by atoms with Gasteiger partial charge in [-0.1, -0.05) is 43.4 Å². The molecule has 104 valence electrons. The first kappa shape index (κ1) is 14.3. The van der Waals surface area contributed by atoms with E-state index >= 15 is 0 Å². The van der Waals surface area contributed by atoms with Crippen LogP contribution < -0.4 is 0 Å². The molecule has 19 heavy (non-hydrogen) atoms. The fourth-order valence-corrected chi connectivity index (χ4v) is 2.72. The molecule has 0 radical (unpaired) electrons. The number of aryl methyl sites for hydroxylation is 2. The number of rotatable bonds is 4. The highest BCUT2D eigenvalue weighted by molar-refractivity contribution is 5.98. The summed E-state index contributed by atoms with van der Waals surface area (Å²) in [5, 5.41) is 0. The minimum atomic E-state index is 0.116. The Morgan fingerprint density at radius 3 is 2.53 bits per heavy atom. The molecule has 1 saturated carbocycles. The fraction of sp³-hybridized carbons (Fsp3) is 0.588. The van der Waals surface area contributed by atoms with Crippen molar-refractivity contribution in [1.82, 2.24) is 0 Å². The van der Waals surface area contributed by atoms with Crippen molar-refractivity contribution in [3.63, 3.8) is 0 Å². The second-order valence-corrected chi connectivity index (χ2v) is 5.67. The molecule has 0 aliphatic heterocycles. The molecule has 0 unspecified atom stereocenters. The number of hydrogen-bond acceptors (Lipinski definition) is 2. The van der Waals surface area contributed by atoms with Crippen molar-refractivity contribution in [2.75, 3.05) is 6.61 Å². The highest BCUT2D eigenvalue weighted by atomic mass is 16.5. The van der Waals surface area contributed by atoms with Gasteiger partial charge in [-0.3, -0.25) is 4.79 Å². The zero-order chi connectivity index (χ0) is 13.7. The lowest BCUT2D eigenvalue weighted by Crippen LogP contribution is -2.18. The summed E-state index contributed by atoms with van der Waals surface area (Å²) in [6, 6.07) is 6.01. The van der Waals surface area contributed by atoms with E-state index < -0.39 is 0 Å². The zero-order valence-corrected chi connectivity index (χ0v) is 12.1. The molecule has 2 nitrogen and oxygen atoms in total. The van der Waals surface area contributed by atoms with Crippen LogP contribution in [-0.4, -0.2) is 18.5 Å². The second-order valence-electron chi connectivity index (χ2n) is 5.67. The average Bonchev–Trinajstić information content (AvgIpc) is 2.67. The summed E-state index contributed by atoms with van der Waals surface area (Å²) >= 11 is 0. The minimum Gasteiger partial charge on any atom is -0.370 e. The van der Waals surface area contributed by atoms with Crippen molar-refractivity contribution in [2.24, 2.45) is 0 Å². The summed E-state index contributed by atoms with van der Waals surface area (Å²) in [4.78, 5) is 12.2. The Hall–Kier alpha value is -1.15. The molecule has 0 spiro atoms. The van der Waals surface area contributed by atoms with Crippen LogP contribution in [0, 0.1) is 13.8 Å². The van der Waals surface area contributed by atoms with Crippen molar-refractivity contribution >= 4 is 5.78 Å². The quantitative estimate of drug-likeness (QED) is 0.598. The van der Waals surface area contributed by atoms with Crippen LogP contribution >= 0.6 is 0 Å². The number of carbonyl (C=O) groups is 1. The van der Waals surface area contributed by atoms with Crippen LogP contribution in [0.1, 0.15) is 60.0 Å². The Bertz CT molecular complexity index is 429. The van der Waals surface area contributed by atoms with E-state index in [0.29, 0.717) is 0 Å². The van der Waals surface area contributed by atoms with Crippen LogP contribution in [0.15, 0.2) is 18.2 Å². The van der Waals surface area contributed by atoms with Gasteiger partial charge >= 0.3 is 0 Å². The van der Waals surface area contributed by atoms with Gasteiger partial charge in [0.25, 0.3) is 0 Å². The number of carbonyl (C=O) groups excluding carboxylic acids is 1. The maximum Gasteiger partial charge on any atom is 0.188 e. The SMILES string of the molecule is Cc1ccc(C)c(C(=O)COC2CCCCCC2)c1. The largest absolute Gasteiger partial charge is 0.370 e. The summed E-state index contributed by atoms with van der Waals surface area (Å²) in [7, 11) is 0. The predicted molar refractivity (Wildman–Crippen MR) is 77.7 cm³/mol. The summed E-state index contributed by atoms with van der Waals surface area (Å²) in [6.07, 6.45) is 7.61. The third-order valence-electron chi connectivity index (χ3n) is 3.95. The number of benzene rings is 1. The summed E-state index contributed by atoms with van der Waals surface area (Å²) in [5.74, 6) is 0.116. The molecule has 1 aliphatic rings. The number of Topliss-reactive ketones (excluding diaryl/α,β-unsaturated/α-hetero) is 1. The summed E-state index contributed by atoms with van der Waals surface area (Å²) in [5.41, 5.74) is 2.98. The molecule has 1 fully saturated rings. The molecule has 0 amide bonds. The smallest absolute Gasteiger partial charge is 0.188 e. The topological polar surface area (TPSA) is 26.3 Å². The second kappa shape index (κ2) is 6.85. The molecule has 0 saturated heterocycles. The molecule has 2 heteroatoms. The third-order valence-corrected chi connectivity index (χ3v) is 3.95. The van der Waals surface area contributed by atoms with E-state index in [1.165, 1.54) is 25.7 Å². The van der Waals surface area contributed by atoms with Crippen molar-refractivity contribution < 1.29 is 9.53 Å². The molecule has 0 bridgehead atoms. The number of hydrogen-bond donors (Lipinski definition) is 0. The summed E-state index contributed by atoms with van der Waals surface area (Å²) in [6.45, 7) is 4.23. The maximum atomic E-state index is 12.2. The standard InChI is InChI=1S/C17H24O2/c1-13-9-10-14(2)16(11-13)17(18)12-19-15-7-5-3-4-6-8-15/h9-11,15H,3-8,12H2,1-2H3. The molecular formula is C17H24O2. The van der Waals surface area contributed by atoms with Gasteiger partial charge in [-0.15, -0.1) is 0 Å². The van der Waals surface area contributed by atoms with Crippen LogP contribution in [0.3, 0.4) is 0 Å². The first-order valence-electron chi connectivity index (χ1n) is 7.39. The van der Waals surface area contributed by atoms with Gasteiger partial charge in [-0.2, -0.15) is 0 Å². The maximum absolute atomic E-state index is 12.2. The number of ketones is 1. The lowest BCUT2D eigenvalue weighted by Gasteiger charge is -2.15. The van der Waals surface area contributed by atoms with Gasteiger partial charge in [0.15, 0.2) is 5.78 Å². The minimum absolute atomic E-state index is 0.116. The van der Waals surface area contributed by atoms with Crippen molar-refractivity contribution in [3.8, 4) is 0 Å². The lowest BCUT2D eigenvalue weighted by atomic mass is 10.0. The Balaban J connectivity index is 1.91. The van der Waals surface area contributed by atoms with E-state index in [0.717, 1.165) is 29.5 Å². The molecule has 0 aromatic heterocycles. The Labute approximate surface area is 116 Å². The van der Waals surface area contributed by atoms with Gasteiger partial charge in [-0.25, -0.2) is 0 Å². The monoisotopic (exact) mass is 260 g/mol. The van der Waals surface area contributed by atoms with Gasteiger partial charge in [-0.05, 0) is 38.3 Å². The normalized spacial score (nSPS) is 17.2. The molecule has 2 rings (SSSR count). The van der Waals surface area contributed by atoms with Crippen LogP contribution in [0.2, 0.25) is 0 Å². The van der Waals surface area contributed by atoms with Crippen LogP contribution in [0.4, 0.5) is 0 Å². The molecule has 1 aliphatic carbocycles. The molecular weight excluding hydrogens is 236 g/mol. The highest BCUT2D eigenvalue weighted by Gasteiger charge is 2.16.